The van der Waals surface area contributed by atoms with E-state index in [9.17, 15) is 25.0 Å². The molecule has 130 valence electrons. The van der Waals surface area contributed by atoms with E-state index in [-0.39, 0.29) is 23.0 Å². The van der Waals surface area contributed by atoms with E-state index in [2.05, 4.69) is 10.6 Å². The van der Waals surface area contributed by atoms with Crippen LogP contribution in [-0.2, 0) is 11.2 Å². The molecular weight excluding hydrogens is 328 g/mol. The SMILES string of the molecule is CC(=O)Nc1ccc(CCNc2ccc([N+](=O)[O-])cc2[N+](=O)[O-])cc1. The Hall–Kier alpha value is -3.49. The first-order valence-electron chi connectivity index (χ1n) is 7.40. The summed E-state index contributed by atoms with van der Waals surface area (Å²) in [5.41, 5.74) is 1.23. The number of benzene rings is 2. The van der Waals surface area contributed by atoms with Crippen molar-refractivity contribution in [3.63, 3.8) is 0 Å². The number of nitrogens with one attached hydrogen (secondary N) is 2. The molecule has 0 spiro atoms. The molecule has 1 amide bonds. The zero-order chi connectivity index (χ0) is 18.4. The summed E-state index contributed by atoms with van der Waals surface area (Å²) in [7, 11) is 0. The lowest BCUT2D eigenvalue weighted by Gasteiger charge is -2.08. The summed E-state index contributed by atoms with van der Waals surface area (Å²) < 4.78 is 0. The first-order valence-corrected chi connectivity index (χ1v) is 7.40. The number of rotatable bonds is 7. The first-order chi connectivity index (χ1) is 11.9. The van der Waals surface area contributed by atoms with Gasteiger partial charge in [-0.2, -0.15) is 0 Å². The van der Waals surface area contributed by atoms with Gasteiger partial charge in [0, 0.05) is 25.2 Å². The Morgan fingerprint density at radius 1 is 1.04 bits per heavy atom. The number of nitro benzene ring substituents is 2. The second-order valence-electron chi connectivity index (χ2n) is 5.27. The monoisotopic (exact) mass is 344 g/mol. The Bertz CT molecular complexity index is 805. The molecule has 2 rings (SSSR count). The van der Waals surface area contributed by atoms with E-state index in [1.54, 1.807) is 12.1 Å². The van der Waals surface area contributed by atoms with Crippen LogP contribution in [-0.4, -0.2) is 22.3 Å². The number of anilines is 2. The van der Waals surface area contributed by atoms with Crippen LogP contribution in [0.5, 0.6) is 0 Å². The molecule has 0 radical (unpaired) electrons. The number of carbonyl (C=O) groups excluding carboxylic acids is 1. The molecule has 9 heteroatoms. The zero-order valence-electron chi connectivity index (χ0n) is 13.4. The Balaban J connectivity index is 2.00. The van der Waals surface area contributed by atoms with Gasteiger partial charge in [0.1, 0.15) is 5.69 Å². The van der Waals surface area contributed by atoms with Gasteiger partial charge in [-0.3, -0.25) is 25.0 Å². The number of nitrogens with zero attached hydrogens (tertiary/aromatic N) is 2. The van der Waals surface area contributed by atoms with E-state index in [1.807, 2.05) is 12.1 Å². The maximum Gasteiger partial charge on any atom is 0.299 e. The molecule has 0 heterocycles. The number of hydrogen-bond acceptors (Lipinski definition) is 6. The van der Waals surface area contributed by atoms with Crippen LogP contribution in [0, 0.1) is 20.2 Å². The zero-order valence-corrected chi connectivity index (χ0v) is 13.4. The Morgan fingerprint density at radius 3 is 2.28 bits per heavy atom. The highest BCUT2D eigenvalue weighted by Gasteiger charge is 2.18. The second-order valence-corrected chi connectivity index (χ2v) is 5.27. The van der Waals surface area contributed by atoms with Gasteiger partial charge in [0.05, 0.1) is 15.9 Å². The van der Waals surface area contributed by atoms with Crippen LogP contribution in [0.25, 0.3) is 0 Å². The van der Waals surface area contributed by atoms with Crippen LogP contribution < -0.4 is 10.6 Å². The molecule has 25 heavy (non-hydrogen) atoms. The standard InChI is InChI=1S/C16H16N4O5/c1-11(21)18-13-4-2-12(3-5-13)8-9-17-15-7-6-14(19(22)23)10-16(15)20(24)25/h2-7,10,17H,8-9H2,1H3,(H,18,21). The van der Waals surface area contributed by atoms with Crippen molar-refractivity contribution >= 4 is 28.7 Å². The topological polar surface area (TPSA) is 127 Å². The summed E-state index contributed by atoms with van der Waals surface area (Å²) in [6.45, 7) is 1.84. The van der Waals surface area contributed by atoms with Gasteiger partial charge in [-0.1, -0.05) is 12.1 Å². The van der Waals surface area contributed by atoms with Gasteiger partial charge in [-0.05, 0) is 30.2 Å². The normalized spacial score (nSPS) is 10.1. The van der Waals surface area contributed by atoms with Gasteiger partial charge in [-0.25, -0.2) is 0 Å². The average Bonchev–Trinajstić information content (AvgIpc) is 2.55. The molecule has 2 N–H and O–H groups in total. The van der Waals surface area contributed by atoms with Crippen molar-refractivity contribution in [2.45, 2.75) is 13.3 Å². The largest absolute Gasteiger partial charge is 0.379 e. The lowest BCUT2D eigenvalue weighted by atomic mass is 10.1. The molecule has 0 saturated heterocycles. The van der Waals surface area contributed by atoms with Crippen molar-refractivity contribution in [3.05, 3.63) is 68.3 Å². The first kappa shape index (κ1) is 17.9. The van der Waals surface area contributed by atoms with E-state index in [4.69, 9.17) is 0 Å². The van der Waals surface area contributed by atoms with Gasteiger partial charge in [0.15, 0.2) is 0 Å². The van der Waals surface area contributed by atoms with Gasteiger partial charge in [-0.15, -0.1) is 0 Å². The highest BCUT2D eigenvalue weighted by molar-refractivity contribution is 5.88. The highest BCUT2D eigenvalue weighted by atomic mass is 16.6. The molecular formula is C16H16N4O5. The third kappa shape index (κ3) is 4.99. The summed E-state index contributed by atoms with van der Waals surface area (Å²) in [6.07, 6.45) is 0.592. The van der Waals surface area contributed by atoms with Crippen molar-refractivity contribution in [3.8, 4) is 0 Å². The number of nitro groups is 2. The van der Waals surface area contributed by atoms with Crippen LogP contribution in [0.2, 0.25) is 0 Å². The summed E-state index contributed by atoms with van der Waals surface area (Å²) >= 11 is 0. The smallest absolute Gasteiger partial charge is 0.299 e. The molecule has 0 fully saturated rings. The molecule has 0 aromatic heterocycles. The van der Waals surface area contributed by atoms with E-state index in [0.29, 0.717) is 18.7 Å². The molecule has 2 aromatic rings. The van der Waals surface area contributed by atoms with Crippen LogP contribution in [0.4, 0.5) is 22.7 Å². The number of hydrogen-bond donors (Lipinski definition) is 2. The lowest BCUT2D eigenvalue weighted by Crippen LogP contribution is -2.08. The fourth-order valence-electron chi connectivity index (χ4n) is 2.23. The minimum Gasteiger partial charge on any atom is -0.379 e. The van der Waals surface area contributed by atoms with Crippen molar-refractivity contribution in [1.82, 2.24) is 0 Å². The van der Waals surface area contributed by atoms with Gasteiger partial charge in [0.2, 0.25) is 5.91 Å². The number of amides is 1. The molecule has 0 aliphatic heterocycles. The van der Waals surface area contributed by atoms with E-state index in [1.165, 1.54) is 19.1 Å². The summed E-state index contributed by atoms with van der Waals surface area (Å²) in [5.74, 6) is -0.153. The minimum absolute atomic E-state index is 0.153. The van der Waals surface area contributed by atoms with Gasteiger partial charge < -0.3 is 10.6 Å². The van der Waals surface area contributed by atoms with E-state index < -0.39 is 9.85 Å². The van der Waals surface area contributed by atoms with Crippen molar-refractivity contribution in [1.29, 1.82) is 0 Å². The van der Waals surface area contributed by atoms with Crippen molar-refractivity contribution in [2.24, 2.45) is 0 Å². The summed E-state index contributed by atoms with van der Waals surface area (Å²) in [5, 5.41) is 27.4. The van der Waals surface area contributed by atoms with E-state index >= 15 is 0 Å². The van der Waals surface area contributed by atoms with Crippen LogP contribution in [0.3, 0.4) is 0 Å². The van der Waals surface area contributed by atoms with Crippen LogP contribution in [0.1, 0.15) is 12.5 Å². The maximum absolute atomic E-state index is 11.1. The molecule has 0 bridgehead atoms. The number of non-ortho nitro benzene ring substituents is 1. The van der Waals surface area contributed by atoms with Crippen molar-refractivity contribution < 1.29 is 14.6 Å². The fraction of sp³-hybridized carbons (Fsp3) is 0.188. The van der Waals surface area contributed by atoms with Crippen molar-refractivity contribution in [2.75, 3.05) is 17.2 Å². The summed E-state index contributed by atoms with van der Waals surface area (Å²) in [4.78, 5) is 31.4. The quantitative estimate of drug-likeness (QED) is 0.587. The fourth-order valence-corrected chi connectivity index (χ4v) is 2.23. The number of carbonyl (C=O) groups is 1. The predicted molar refractivity (Wildman–Crippen MR) is 92.7 cm³/mol. The molecule has 9 nitrogen and oxygen atoms in total. The third-order valence-corrected chi connectivity index (χ3v) is 3.39. The molecule has 0 unspecified atom stereocenters. The average molecular weight is 344 g/mol. The highest BCUT2D eigenvalue weighted by Crippen LogP contribution is 2.28. The van der Waals surface area contributed by atoms with Crippen LogP contribution in [0.15, 0.2) is 42.5 Å². The molecule has 2 aromatic carbocycles. The Labute approximate surface area is 143 Å². The molecule has 0 atom stereocenters. The Kier molecular flexibility index (Phi) is 5.62. The summed E-state index contributed by atoms with van der Waals surface area (Å²) in [6, 6.07) is 10.7. The van der Waals surface area contributed by atoms with Gasteiger partial charge in [0.25, 0.3) is 11.4 Å². The Morgan fingerprint density at radius 2 is 1.72 bits per heavy atom. The predicted octanol–water partition coefficient (Wildman–Crippen LogP) is 3.12. The third-order valence-electron chi connectivity index (χ3n) is 3.39. The lowest BCUT2D eigenvalue weighted by molar-refractivity contribution is -0.393. The van der Waals surface area contributed by atoms with E-state index in [0.717, 1.165) is 11.6 Å². The molecule has 0 aliphatic rings. The van der Waals surface area contributed by atoms with Crippen LogP contribution >= 0.6 is 0 Å². The molecule has 0 aliphatic carbocycles. The maximum atomic E-state index is 11.1. The second kappa shape index (κ2) is 7.86. The minimum atomic E-state index is -0.673. The molecule has 0 saturated carbocycles. The van der Waals surface area contributed by atoms with Gasteiger partial charge >= 0.3 is 0 Å².